The van der Waals surface area contributed by atoms with E-state index < -0.39 is 5.66 Å². The first-order chi connectivity index (χ1) is 14.9. The van der Waals surface area contributed by atoms with E-state index >= 15 is 0 Å². The highest BCUT2D eigenvalue weighted by Crippen LogP contribution is 2.35. The molecule has 0 atom stereocenters. The van der Waals surface area contributed by atoms with Gasteiger partial charge in [-0.25, -0.2) is 9.79 Å². The molecule has 1 spiro atoms. The molecule has 2 aromatic rings. The summed E-state index contributed by atoms with van der Waals surface area (Å²) < 4.78 is 5.17. The summed E-state index contributed by atoms with van der Waals surface area (Å²) in [4.78, 5) is 24.6. The van der Waals surface area contributed by atoms with Crippen molar-refractivity contribution in [2.75, 3.05) is 31.8 Å². The predicted molar refractivity (Wildman–Crippen MR) is 129 cm³/mol. The van der Waals surface area contributed by atoms with Crippen LogP contribution in [-0.4, -0.2) is 53.8 Å². The minimum atomic E-state index is -0.455. The Balaban J connectivity index is 1.45. The molecule has 7 heteroatoms. The molecule has 0 bridgehead atoms. The van der Waals surface area contributed by atoms with Gasteiger partial charge in [-0.3, -0.25) is 4.99 Å². The second kappa shape index (κ2) is 8.75. The van der Waals surface area contributed by atoms with E-state index in [9.17, 15) is 4.79 Å². The molecule has 2 aliphatic heterocycles. The minimum Gasteiger partial charge on any atom is -0.497 e. The molecule has 0 aromatic heterocycles. The maximum absolute atomic E-state index is 12.7. The third kappa shape index (κ3) is 4.46. The highest BCUT2D eigenvalue weighted by atomic mass is 32.2. The Hall–Kier alpha value is -2.80. The SMILES string of the molecule is COc1ccc(NC(=O)N2CCC3(CC2)N=C(SC)C(c2ccc(C)c(C)c2)=N3)cc1. The zero-order valence-electron chi connectivity index (χ0n) is 18.4. The number of thioether (sulfide) groups is 1. The molecule has 2 heterocycles. The summed E-state index contributed by atoms with van der Waals surface area (Å²) in [5, 5.41) is 3.95. The van der Waals surface area contributed by atoms with Gasteiger partial charge in [-0.15, -0.1) is 11.8 Å². The van der Waals surface area contributed by atoms with E-state index in [1.807, 2.05) is 35.4 Å². The first-order valence-electron chi connectivity index (χ1n) is 10.4. The van der Waals surface area contributed by atoms with Crippen LogP contribution in [0.25, 0.3) is 0 Å². The Morgan fingerprint density at radius 3 is 2.39 bits per heavy atom. The number of anilines is 1. The van der Waals surface area contributed by atoms with E-state index in [2.05, 4.69) is 37.4 Å². The van der Waals surface area contributed by atoms with Gasteiger partial charge in [0.2, 0.25) is 0 Å². The number of hydrogen-bond donors (Lipinski definition) is 1. The summed E-state index contributed by atoms with van der Waals surface area (Å²) in [6.45, 7) is 5.49. The third-order valence-corrected chi connectivity index (χ3v) is 6.67. The smallest absolute Gasteiger partial charge is 0.321 e. The van der Waals surface area contributed by atoms with Crippen molar-refractivity contribution in [3.63, 3.8) is 0 Å². The number of nitrogens with one attached hydrogen (secondary N) is 1. The van der Waals surface area contributed by atoms with Crippen LogP contribution in [0.4, 0.5) is 10.5 Å². The standard InChI is InChI=1S/C24H28N4O2S/c1-16-5-6-18(15-17(16)2)21-22(31-4)27-24(26-21)11-13-28(14-12-24)23(29)25-19-7-9-20(30-3)10-8-19/h5-10,15H,11-14H2,1-4H3,(H,25,29). The van der Waals surface area contributed by atoms with E-state index in [-0.39, 0.29) is 6.03 Å². The van der Waals surface area contributed by atoms with Crippen molar-refractivity contribution in [3.8, 4) is 5.75 Å². The number of likely N-dealkylation sites (tertiary alicyclic amines) is 1. The molecular weight excluding hydrogens is 408 g/mol. The molecule has 0 unspecified atom stereocenters. The summed E-state index contributed by atoms with van der Waals surface area (Å²) in [6.07, 6.45) is 3.49. The fourth-order valence-corrected chi connectivity index (χ4v) is 4.53. The molecule has 1 fully saturated rings. The lowest BCUT2D eigenvalue weighted by Crippen LogP contribution is -2.46. The molecule has 1 saturated heterocycles. The lowest BCUT2D eigenvalue weighted by Gasteiger charge is -2.35. The van der Waals surface area contributed by atoms with Crippen LogP contribution in [0.15, 0.2) is 52.4 Å². The van der Waals surface area contributed by atoms with Crippen LogP contribution in [0.3, 0.4) is 0 Å². The van der Waals surface area contributed by atoms with Crippen LogP contribution in [0.1, 0.15) is 29.5 Å². The summed E-state index contributed by atoms with van der Waals surface area (Å²) in [5.74, 6) is 0.763. The predicted octanol–water partition coefficient (Wildman–Crippen LogP) is 4.90. The monoisotopic (exact) mass is 436 g/mol. The highest BCUT2D eigenvalue weighted by Gasteiger charge is 2.40. The normalized spacial score (nSPS) is 17.4. The van der Waals surface area contributed by atoms with Gasteiger partial charge in [0, 0.05) is 37.2 Å². The number of aliphatic imine (C=N–C) groups is 2. The van der Waals surface area contributed by atoms with Crippen molar-refractivity contribution in [1.29, 1.82) is 0 Å². The lowest BCUT2D eigenvalue weighted by atomic mass is 9.98. The van der Waals surface area contributed by atoms with Gasteiger partial charge in [-0.05, 0) is 61.6 Å². The quantitative estimate of drug-likeness (QED) is 0.744. The highest BCUT2D eigenvalue weighted by molar-refractivity contribution is 8.15. The van der Waals surface area contributed by atoms with Crippen molar-refractivity contribution in [1.82, 2.24) is 4.90 Å². The van der Waals surface area contributed by atoms with Crippen molar-refractivity contribution in [3.05, 3.63) is 59.2 Å². The first kappa shape index (κ1) is 21.4. The number of urea groups is 1. The molecule has 6 nitrogen and oxygen atoms in total. The number of benzene rings is 2. The number of carbonyl (C=O) groups excluding carboxylic acids is 1. The number of carbonyl (C=O) groups is 1. The summed E-state index contributed by atoms with van der Waals surface area (Å²) in [7, 11) is 1.62. The zero-order chi connectivity index (χ0) is 22.0. The van der Waals surface area contributed by atoms with Crippen LogP contribution >= 0.6 is 11.8 Å². The Bertz CT molecular complexity index is 1040. The molecule has 1 N–H and O–H groups in total. The number of methoxy groups -OCH3 is 1. The van der Waals surface area contributed by atoms with Gasteiger partial charge in [0.05, 0.1) is 12.8 Å². The molecule has 0 radical (unpaired) electrons. The Labute approximate surface area is 187 Å². The Morgan fingerprint density at radius 1 is 1.06 bits per heavy atom. The van der Waals surface area contributed by atoms with E-state index in [4.69, 9.17) is 14.7 Å². The van der Waals surface area contributed by atoms with Gasteiger partial charge in [0.25, 0.3) is 0 Å². The van der Waals surface area contributed by atoms with Gasteiger partial charge in [0.15, 0.2) is 5.66 Å². The number of amides is 2. The van der Waals surface area contributed by atoms with Crippen LogP contribution in [0, 0.1) is 13.8 Å². The van der Waals surface area contributed by atoms with Crippen molar-refractivity contribution < 1.29 is 9.53 Å². The molecule has 0 saturated carbocycles. The van der Waals surface area contributed by atoms with Gasteiger partial charge >= 0.3 is 6.03 Å². The van der Waals surface area contributed by atoms with Crippen molar-refractivity contribution in [2.24, 2.45) is 9.98 Å². The first-order valence-corrected chi connectivity index (χ1v) is 11.7. The summed E-state index contributed by atoms with van der Waals surface area (Å²) in [6, 6.07) is 13.7. The van der Waals surface area contributed by atoms with E-state index in [0.717, 1.165) is 40.6 Å². The second-order valence-corrected chi connectivity index (χ2v) is 8.80. The minimum absolute atomic E-state index is 0.0922. The number of aryl methyl sites for hydroxylation is 2. The maximum Gasteiger partial charge on any atom is 0.321 e. The number of hydrogen-bond acceptors (Lipinski definition) is 5. The number of piperidine rings is 1. The van der Waals surface area contributed by atoms with Crippen LogP contribution in [-0.2, 0) is 0 Å². The van der Waals surface area contributed by atoms with Gasteiger partial charge in [-0.1, -0.05) is 12.1 Å². The third-order valence-electron chi connectivity index (χ3n) is 6.00. The molecule has 162 valence electrons. The van der Waals surface area contributed by atoms with E-state index in [1.54, 1.807) is 18.9 Å². The topological polar surface area (TPSA) is 66.3 Å². The Kier molecular flexibility index (Phi) is 6.05. The maximum atomic E-state index is 12.7. The van der Waals surface area contributed by atoms with Crippen LogP contribution < -0.4 is 10.1 Å². The second-order valence-electron chi connectivity index (χ2n) is 8.01. The van der Waals surface area contributed by atoms with Crippen LogP contribution in [0.2, 0.25) is 0 Å². The lowest BCUT2D eigenvalue weighted by molar-refractivity contribution is 0.175. The average molecular weight is 437 g/mol. The number of ether oxygens (including phenoxy) is 1. The van der Waals surface area contributed by atoms with Crippen LogP contribution in [0.5, 0.6) is 5.75 Å². The molecule has 0 aliphatic carbocycles. The molecule has 2 aromatic carbocycles. The van der Waals surface area contributed by atoms with Gasteiger partial charge in [0.1, 0.15) is 10.8 Å². The molecule has 31 heavy (non-hydrogen) atoms. The summed E-state index contributed by atoms with van der Waals surface area (Å²) >= 11 is 1.64. The Morgan fingerprint density at radius 2 is 1.77 bits per heavy atom. The van der Waals surface area contributed by atoms with Gasteiger partial charge < -0.3 is 15.0 Å². The number of rotatable bonds is 3. The van der Waals surface area contributed by atoms with E-state index in [0.29, 0.717) is 13.1 Å². The largest absolute Gasteiger partial charge is 0.497 e. The fourth-order valence-electron chi connectivity index (χ4n) is 3.91. The molecule has 4 rings (SSSR count). The van der Waals surface area contributed by atoms with Gasteiger partial charge in [-0.2, -0.15) is 0 Å². The van der Waals surface area contributed by atoms with Crippen molar-refractivity contribution >= 4 is 34.2 Å². The summed E-state index contributed by atoms with van der Waals surface area (Å²) in [5.41, 5.74) is 4.93. The van der Waals surface area contributed by atoms with Crippen molar-refractivity contribution in [2.45, 2.75) is 32.4 Å². The zero-order valence-corrected chi connectivity index (χ0v) is 19.3. The fraction of sp³-hybridized carbons (Fsp3) is 0.375. The molecule has 2 amide bonds. The molecule has 2 aliphatic rings. The van der Waals surface area contributed by atoms with E-state index in [1.165, 1.54) is 11.1 Å². The molecular formula is C24H28N4O2S. The average Bonchev–Trinajstić information content (AvgIpc) is 3.14. The number of nitrogens with zero attached hydrogens (tertiary/aromatic N) is 3.